The fourth-order valence-corrected chi connectivity index (χ4v) is 2.67. The van der Waals surface area contributed by atoms with Gasteiger partial charge in [0.15, 0.2) is 0 Å². The summed E-state index contributed by atoms with van der Waals surface area (Å²) in [6.07, 6.45) is -2.47. The number of hydrogen-bond acceptors (Lipinski definition) is 2. The molecule has 0 aromatic heterocycles. The van der Waals surface area contributed by atoms with Gasteiger partial charge in [-0.2, -0.15) is 13.2 Å². The topological polar surface area (TPSA) is 26.3 Å². The molecule has 0 bridgehead atoms. The number of hydrogen-bond donors (Lipinski definition) is 0. The van der Waals surface area contributed by atoms with E-state index in [-0.39, 0.29) is 18.6 Å². The van der Waals surface area contributed by atoms with Crippen LogP contribution in [0.1, 0.15) is 38.5 Å². The molecule has 1 saturated heterocycles. The summed E-state index contributed by atoms with van der Waals surface area (Å²) in [6, 6.07) is 0. The van der Waals surface area contributed by atoms with Gasteiger partial charge >= 0.3 is 6.18 Å². The highest BCUT2D eigenvalue weighted by Crippen LogP contribution is 2.45. The van der Waals surface area contributed by atoms with Crippen LogP contribution in [0.4, 0.5) is 13.2 Å². The summed E-state index contributed by atoms with van der Waals surface area (Å²) in [5.41, 5.74) is -0.572. The average molecular weight is 236 g/mol. The van der Waals surface area contributed by atoms with Crippen LogP contribution in [-0.4, -0.2) is 24.2 Å². The Labute approximate surface area is 92.1 Å². The Morgan fingerprint density at radius 1 is 1.25 bits per heavy atom. The van der Waals surface area contributed by atoms with E-state index in [0.29, 0.717) is 32.3 Å². The molecule has 0 unspecified atom stereocenters. The SMILES string of the molecule is O=C1CCOC2(CCC(C(F)(F)F)CC2)C1. The van der Waals surface area contributed by atoms with E-state index < -0.39 is 17.7 Å². The Hall–Kier alpha value is -0.580. The van der Waals surface area contributed by atoms with E-state index in [0.717, 1.165) is 0 Å². The first kappa shape index (κ1) is 11.9. The van der Waals surface area contributed by atoms with Crippen LogP contribution in [0, 0.1) is 5.92 Å². The van der Waals surface area contributed by atoms with Gasteiger partial charge in [0.1, 0.15) is 5.78 Å². The van der Waals surface area contributed by atoms with Crippen LogP contribution in [0.3, 0.4) is 0 Å². The summed E-state index contributed by atoms with van der Waals surface area (Å²) in [4.78, 5) is 11.3. The van der Waals surface area contributed by atoms with E-state index in [4.69, 9.17) is 4.74 Å². The highest BCUT2D eigenvalue weighted by molar-refractivity contribution is 5.80. The van der Waals surface area contributed by atoms with Crippen molar-refractivity contribution in [1.82, 2.24) is 0 Å². The van der Waals surface area contributed by atoms with Crippen LogP contribution in [0.15, 0.2) is 0 Å². The van der Waals surface area contributed by atoms with Gasteiger partial charge in [-0.1, -0.05) is 0 Å². The largest absolute Gasteiger partial charge is 0.391 e. The lowest BCUT2D eigenvalue weighted by molar-refractivity contribution is -0.200. The normalized spacial score (nSPS) is 36.7. The molecule has 16 heavy (non-hydrogen) atoms. The maximum atomic E-state index is 12.5. The quantitative estimate of drug-likeness (QED) is 0.646. The molecule has 2 fully saturated rings. The Morgan fingerprint density at radius 3 is 2.38 bits per heavy atom. The summed E-state index contributed by atoms with van der Waals surface area (Å²) in [5.74, 6) is -1.09. The van der Waals surface area contributed by atoms with Crippen LogP contribution in [0.2, 0.25) is 0 Å². The van der Waals surface area contributed by atoms with E-state index in [1.165, 1.54) is 0 Å². The highest BCUT2D eigenvalue weighted by atomic mass is 19.4. The van der Waals surface area contributed by atoms with E-state index in [9.17, 15) is 18.0 Å². The Kier molecular flexibility index (Phi) is 2.99. The second kappa shape index (κ2) is 4.02. The molecule has 2 aliphatic rings. The lowest BCUT2D eigenvalue weighted by Crippen LogP contribution is -2.45. The average Bonchev–Trinajstić information content (AvgIpc) is 2.16. The van der Waals surface area contributed by atoms with Gasteiger partial charge in [0.25, 0.3) is 0 Å². The molecule has 2 nitrogen and oxygen atoms in total. The van der Waals surface area contributed by atoms with Crippen molar-refractivity contribution in [1.29, 1.82) is 0 Å². The fraction of sp³-hybridized carbons (Fsp3) is 0.909. The smallest absolute Gasteiger partial charge is 0.374 e. The summed E-state index contributed by atoms with van der Waals surface area (Å²) >= 11 is 0. The Morgan fingerprint density at radius 2 is 1.88 bits per heavy atom. The minimum atomic E-state index is -4.10. The molecule has 0 aromatic rings. The van der Waals surface area contributed by atoms with Crippen LogP contribution >= 0.6 is 0 Å². The van der Waals surface area contributed by atoms with E-state index in [1.54, 1.807) is 0 Å². The van der Waals surface area contributed by atoms with Crippen molar-refractivity contribution in [3.63, 3.8) is 0 Å². The molecule has 1 aliphatic heterocycles. The standard InChI is InChI=1S/C11H15F3O2/c12-11(13,14)8-1-4-10(5-2-8)7-9(15)3-6-16-10/h8H,1-7H2. The molecule has 0 aromatic carbocycles. The lowest BCUT2D eigenvalue weighted by Gasteiger charge is -2.42. The van der Waals surface area contributed by atoms with Crippen molar-refractivity contribution in [3.05, 3.63) is 0 Å². The monoisotopic (exact) mass is 236 g/mol. The molecular formula is C11H15F3O2. The van der Waals surface area contributed by atoms with Crippen LogP contribution in [0.25, 0.3) is 0 Å². The maximum absolute atomic E-state index is 12.5. The summed E-state index contributed by atoms with van der Waals surface area (Å²) in [6.45, 7) is 0.371. The number of carbonyl (C=O) groups excluding carboxylic acids is 1. The number of carbonyl (C=O) groups is 1. The second-order valence-electron chi connectivity index (χ2n) is 4.81. The zero-order valence-electron chi connectivity index (χ0n) is 8.98. The molecule has 2 rings (SSSR count). The zero-order chi connectivity index (χ0) is 11.8. The van der Waals surface area contributed by atoms with E-state index in [2.05, 4.69) is 0 Å². The van der Waals surface area contributed by atoms with Crippen molar-refractivity contribution in [2.75, 3.05) is 6.61 Å². The van der Waals surface area contributed by atoms with E-state index >= 15 is 0 Å². The van der Waals surface area contributed by atoms with Gasteiger partial charge in [-0.25, -0.2) is 0 Å². The molecule has 0 atom stereocenters. The van der Waals surface area contributed by atoms with Crippen LogP contribution < -0.4 is 0 Å². The third kappa shape index (κ3) is 2.39. The van der Waals surface area contributed by atoms with Crippen LogP contribution in [-0.2, 0) is 9.53 Å². The van der Waals surface area contributed by atoms with Gasteiger partial charge in [0.05, 0.1) is 18.1 Å². The van der Waals surface area contributed by atoms with Crippen molar-refractivity contribution >= 4 is 5.78 Å². The Bertz CT molecular complexity index is 277. The molecular weight excluding hydrogens is 221 g/mol. The molecule has 5 heteroatoms. The third-order valence-electron chi connectivity index (χ3n) is 3.67. The molecule has 1 spiro atoms. The van der Waals surface area contributed by atoms with Gasteiger partial charge in [-0.3, -0.25) is 4.79 Å². The number of halogens is 3. The fourth-order valence-electron chi connectivity index (χ4n) is 2.67. The summed E-state index contributed by atoms with van der Waals surface area (Å²) in [5, 5.41) is 0. The van der Waals surface area contributed by atoms with Gasteiger partial charge in [-0.15, -0.1) is 0 Å². The van der Waals surface area contributed by atoms with Crippen molar-refractivity contribution in [2.24, 2.45) is 5.92 Å². The summed E-state index contributed by atoms with van der Waals surface area (Å²) in [7, 11) is 0. The molecule has 1 heterocycles. The van der Waals surface area contributed by atoms with Crippen molar-refractivity contribution < 1.29 is 22.7 Å². The van der Waals surface area contributed by atoms with Crippen molar-refractivity contribution in [2.45, 2.75) is 50.3 Å². The van der Waals surface area contributed by atoms with Crippen molar-refractivity contribution in [3.8, 4) is 0 Å². The van der Waals surface area contributed by atoms with E-state index in [1.807, 2.05) is 0 Å². The predicted octanol–water partition coefficient (Wildman–Crippen LogP) is 2.86. The number of Topliss-reactive ketones (excluding diaryl/α,β-unsaturated/α-hetero) is 1. The third-order valence-corrected chi connectivity index (χ3v) is 3.67. The van der Waals surface area contributed by atoms with Gasteiger partial charge < -0.3 is 4.74 Å². The molecule has 92 valence electrons. The summed E-state index contributed by atoms with van der Waals surface area (Å²) < 4.78 is 42.9. The second-order valence-corrected chi connectivity index (χ2v) is 4.81. The predicted molar refractivity (Wildman–Crippen MR) is 50.9 cm³/mol. The minimum absolute atomic E-state index is 0.0940. The number of ketones is 1. The molecule has 1 saturated carbocycles. The Balaban J connectivity index is 1.96. The van der Waals surface area contributed by atoms with Crippen LogP contribution in [0.5, 0.6) is 0 Å². The zero-order valence-corrected chi connectivity index (χ0v) is 8.98. The molecule has 0 amide bonds. The van der Waals surface area contributed by atoms with Gasteiger partial charge in [-0.05, 0) is 25.7 Å². The van der Waals surface area contributed by atoms with Gasteiger partial charge in [0, 0.05) is 12.8 Å². The number of rotatable bonds is 0. The highest BCUT2D eigenvalue weighted by Gasteiger charge is 2.47. The van der Waals surface area contributed by atoms with Gasteiger partial charge in [0.2, 0.25) is 0 Å². The number of ether oxygens (including phenoxy) is 1. The number of alkyl halides is 3. The molecule has 1 aliphatic carbocycles. The first-order chi connectivity index (χ1) is 7.41. The lowest BCUT2D eigenvalue weighted by atomic mass is 9.75. The first-order valence-electron chi connectivity index (χ1n) is 5.64. The molecule has 0 N–H and O–H groups in total. The maximum Gasteiger partial charge on any atom is 0.391 e. The first-order valence-corrected chi connectivity index (χ1v) is 5.64. The minimum Gasteiger partial charge on any atom is -0.374 e. The molecule has 0 radical (unpaired) electrons.